The van der Waals surface area contributed by atoms with Crippen molar-refractivity contribution in [2.45, 2.75) is 20.4 Å². The number of nitrogens with zero attached hydrogens (tertiary/aromatic N) is 7. The summed E-state index contributed by atoms with van der Waals surface area (Å²) < 4.78 is 3.71. The lowest BCUT2D eigenvalue weighted by molar-refractivity contribution is 0.659. The van der Waals surface area contributed by atoms with Gasteiger partial charge < -0.3 is 5.32 Å². The molecule has 0 saturated heterocycles. The second-order valence-electron chi connectivity index (χ2n) is 7.02. The number of aromatic nitrogens is 7. The largest absolute Gasteiger partial charge is 0.337 e. The van der Waals surface area contributed by atoms with E-state index in [0.29, 0.717) is 23.8 Å². The molecule has 0 radical (unpaired) electrons. The zero-order valence-corrected chi connectivity index (χ0v) is 16.7. The minimum Gasteiger partial charge on any atom is -0.337 e. The fourth-order valence-corrected chi connectivity index (χ4v) is 3.50. The summed E-state index contributed by atoms with van der Waals surface area (Å²) in [5.74, 6) is 1.40. The van der Waals surface area contributed by atoms with E-state index in [-0.39, 0.29) is 0 Å². The molecule has 5 aromatic rings. The van der Waals surface area contributed by atoms with E-state index in [2.05, 4.69) is 44.4 Å². The third kappa shape index (κ3) is 3.18. The van der Waals surface area contributed by atoms with Crippen LogP contribution < -0.4 is 5.32 Å². The van der Waals surface area contributed by atoms with E-state index in [4.69, 9.17) is 5.10 Å². The zero-order chi connectivity index (χ0) is 20.5. The van der Waals surface area contributed by atoms with Crippen molar-refractivity contribution in [1.29, 1.82) is 0 Å². The predicted molar refractivity (Wildman–Crippen MR) is 115 cm³/mol. The number of aryl methyl sites for hydroxylation is 1. The molecule has 0 aliphatic carbocycles. The third-order valence-corrected chi connectivity index (χ3v) is 5.03. The zero-order valence-electron chi connectivity index (χ0n) is 16.7. The number of anilines is 2. The van der Waals surface area contributed by atoms with E-state index in [9.17, 15) is 0 Å². The quantitative estimate of drug-likeness (QED) is 0.486. The van der Waals surface area contributed by atoms with Gasteiger partial charge in [0.1, 0.15) is 12.1 Å². The van der Waals surface area contributed by atoms with E-state index in [1.807, 2.05) is 48.0 Å². The van der Waals surface area contributed by atoms with Crippen LogP contribution in [0.25, 0.3) is 16.9 Å². The Kier molecular flexibility index (Phi) is 4.44. The number of hydrogen-bond acceptors (Lipinski definition) is 6. The first-order chi connectivity index (χ1) is 14.7. The van der Waals surface area contributed by atoms with Crippen LogP contribution in [0.4, 0.5) is 11.5 Å². The normalized spacial score (nSPS) is 11.1. The summed E-state index contributed by atoms with van der Waals surface area (Å²) in [5, 5.41) is 13.4. The Hall–Kier alpha value is -4.07. The molecule has 0 aliphatic heterocycles. The third-order valence-electron chi connectivity index (χ3n) is 5.03. The van der Waals surface area contributed by atoms with Gasteiger partial charge in [-0.2, -0.15) is 14.9 Å². The van der Waals surface area contributed by atoms with Gasteiger partial charge in [-0.3, -0.25) is 4.68 Å². The van der Waals surface area contributed by atoms with Crippen LogP contribution in [0.15, 0.2) is 67.3 Å². The van der Waals surface area contributed by atoms with Crippen molar-refractivity contribution in [3.63, 3.8) is 0 Å². The lowest BCUT2D eigenvalue weighted by Crippen LogP contribution is -2.04. The molecule has 1 N–H and O–H groups in total. The van der Waals surface area contributed by atoms with Crippen LogP contribution in [-0.4, -0.2) is 34.5 Å². The van der Waals surface area contributed by atoms with Gasteiger partial charge >= 0.3 is 0 Å². The number of nitrogens with one attached hydrogen (secondary N) is 1. The highest BCUT2D eigenvalue weighted by molar-refractivity contribution is 5.89. The summed E-state index contributed by atoms with van der Waals surface area (Å²) >= 11 is 0. The van der Waals surface area contributed by atoms with Gasteiger partial charge in [0, 0.05) is 6.20 Å². The Morgan fingerprint density at radius 3 is 2.57 bits per heavy atom. The highest BCUT2D eigenvalue weighted by atomic mass is 15.3. The lowest BCUT2D eigenvalue weighted by Gasteiger charge is -2.08. The van der Waals surface area contributed by atoms with E-state index in [0.717, 1.165) is 22.5 Å². The van der Waals surface area contributed by atoms with E-state index in [1.165, 1.54) is 11.9 Å². The van der Waals surface area contributed by atoms with Crippen molar-refractivity contribution in [2.75, 3.05) is 5.32 Å². The van der Waals surface area contributed by atoms with Gasteiger partial charge in [0.05, 0.1) is 35.2 Å². The van der Waals surface area contributed by atoms with Crippen LogP contribution in [0.2, 0.25) is 0 Å². The molecule has 148 valence electrons. The Morgan fingerprint density at radius 1 is 0.933 bits per heavy atom. The molecular formula is C22H20N8. The van der Waals surface area contributed by atoms with Crippen LogP contribution in [-0.2, 0) is 6.54 Å². The molecule has 0 amide bonds. The maximum absolute atomic E-state index is 4.71. The predicted octanol–water partition coefficient (Wildman–Crippen LogP) is 3.82. The van der Waals surface area contributed by atoms with Crippen molar-refractivity contribution in [2.24, 2.45) is 0 Å². The average Bonchev–Trinajstić information content (AvgIpc) is 3.32. The highest BCUT2D eigenvalue weighted by Crippen LogP contribution is 2.28. The maximum atomic E-state index is 4.71. The van der Waals surface area contributed by atoms with Gasteiger partial charge in [-0.05, 0) is 31.5 Å². The van der Waals surface area contributed by atoms with Crippen molar-refractivity contribution in [3.8, 4) is 5.82 Å². The van der Waals surface area contributed by atoms with Crippen LogP contribution in [0, 0.1) is 13.8 Å². The molecule has 4 aromatic heterocycles. The topological polar surface area (TPSA) is 86.3 Å². The molecule has 0 spiro atoms. The highest BCUT2D eigenvalue weighted by Gasteiger charge is 2.16. The van der Waals surface area contributed by atoms with Crippen LogP contribution in [0.1, 0.15) is 17.0 Å². The molecule has 8 heteroatoms. The first-order valence-corrected chi connectivity index (χ1v) is 9.66. The van der Waals surface area contributed by atoms with Crippen LogP contribution >= 0.6 is 0 Å². The molecule has 0 aliphatic rings. The van der Waals surface area contributed by atoms with Gasteiger partial charge in [0.15, 0.2) is 11.5 Å². The smallest absolute Gasteiger partial charge is 0.170 e. The fourth-order valence-electron chi connectivity index (χ4n) is 3.50. The lowest BCUT2D eigenvalue weighted by atomic mass is 10.2. The second kappa shape index (κ2) is 7.40. The van der Waals surface area contributed by atoms with E-state index >= 15 is 0 Å². The van der Waals surface area contributed by atoms with Crippen molar-refractivity contribution in [1.82, 2.24) is 34.5 Å². The van der Waals surface area contributed by atoms with Crippen molar-refractivity contribution in [3.05, 3.63) is 84.2 Å². The molecule has 1 aromatic carbocycles. The Bertz CT molecular complexity index is 1310. The summed E-state index contributed by atoms with van der Waals surface area (Å²) in [5.41, 5.74) is 4.79. The Morgan fingerprint density at radius 2 is 1.77 bits per heavy atom. The first kappa shape index (κ1) is 18.0. The standard InChI is InChI=1S/C22H20N8/c1-15-20(16(2)29(28-15)13-17-8-4-3-5-9-17)27-21-18-12-26-30(22(18)25-14-24-21)19-10-6-7-11-23-19/h3-12,14H,13H2,1-2H3,(H,24,25,27). The first-order valence-electron chi connectivity index (χ1n) is 9.66. The number of hydrogen-bond donors (Lipinski definition) is 1. The Labute approximate surface area is 173 Å². The molecule has 0 saturated carbocycles. The number of pyridine rings is 1. The van der Waals surface area contributed by atoms with Gasteiger partial charge in [-0.25, -0.2) is 15.0 Å². The molecule has 0 atom stereocenters. The van der Waals surface area contributed by atoms with Crippen molar-refractivity contribution >= 4 is 22.5 Å². The van der Waals surface area contributed by atoms with Gasteiger partial charge in [0.25, 0.3) is 0 Å². The fraction of sp³-hybridized carbons (Fsp3) is 0.136. The summed E-state index contributed by atoms with van der Waals surface area (Å²) in [7, 11) is 0. The molecule has 5 rings (SSSR count). The number of rotatable bonds is 5. The summed E-state index contributed by atoms with van der Waals surface area (Å²) in [4.78, 5) is 13.2. The molecule has 8 nitrogen and oxygen atoms in total. The van der Waals surface area contributed by atoms with E-state index in [1.54, 1.807) is 17.1 Å². The van der Waals surface area contributed by atoms with Crippen molar-refractivity contribution < 1.29 is 0 Å². The number of fused-ring (bicyclic) bond motifs is 1. The SMILES string of the molecule is Cc1nn(Cc2ccccc2)c(C)c1Nc1ncnc2c1cnn2-c1ccccn1. The summed E-state index contributed by atoms with van der Waals surface area (Å²) in [6.07, 6.45) is 5.02. The van der Waals surface area contributed by atoms with Gasteiger partial charge in [-0.15, -0.1) is 0 Å². The molecule has 0 fully saturated rings. The van der Waals surface area contributed by atoms with Crippen LogP contribution in [0.3, 0.4) is 0 Å². The summed E-state index contributed by atoms with van der Waals surface area (Å²) in [6.45, 7) is 4.76. The van der Waals surface area contributed by atoms with Crippen LogP contribution in [0.5, 0.6) is 0 Å². The van der Waals surface area contributed by atoms with Gasteiger partial charge in [0.2, 0.25) is 0 Å². The minimum absolute atomic E-state index is 0.688. The molecule has 4 heterocycles. The van der Waals surface area contributed by atoms with Gasteiger partial charge in [-0.1, -0.05) is 36.4 Å². The second-order valence-corrected chi connectivity index (χ2v) is 7.02. The summed E-state index contributed by atoms with van der Waals surface area (Å²) in [6, 6.07) is 16.0. The molecule has 30 heavy (non-hydrogen) atoms. The average molecular weight is 396 g/mol. The molecule has 0 bridgehead atoms. The molecule has 0 unspecified atom stereocenters. The molecular weight excluding hydrogens is 376 g/mol. The maximum Gasteiger partial charge on any atom is 0.170 e. The van der Waals surface area contributed by atoms with E-state index < -0.39 is 0 Å². The monoisotopic (exact) mass is 396 g/mol. The minimum atomic E-state index is 0.688. The number of benzene rings is 1. The Balaban J connectivity index is 1.50.